The fraction of sp³-hybridized carbons (Fsp3) is 0.833. The van der Waals surface area contributed by atoms with Gasteiger partial charge in [0.05, 0.1) is 26.6 Å². The van der Waals surface area contributed by atoms with Crippen LogP contribution < -0.4 is 10.4 Å². The van der Waals surface area contributed by atoms with E-state index in [0.29, 0.717) is 17.6 Å². The summed E-state index contributed by atoms with van der Waals surface area (Å²) in [6.07, 6.45) is 0.752. The van der Waals surface area contributed by atoms with E-state index < -0.39 is 5.97 Å². The smallest absolute Gasteiger partial charge is 0.225 e. The third-order valence-electron chi connectivity index (χ3n) is 2.46. The second-order valence-electron chi connectivity index (χ2n) is 6.05. The summed E-state index contributed by atoms with van der Waals surface area (Å²) in [5.74, 6) is -1.03. The van der Waals surface area contributed by atoms with Crippen LogP contribution in [0.15, 0.2) is 0 Å². The first-order valence-corrected chi connectivity index (χ1v) is 5.85. The zero-order chi connectivity index (χ0) is 13.7. The van der Waals surface area contributed by atoms with E-state index in [2.05, 4.69) is 5.32 Å². The molecule has 0 aliphatic heterocycles. The molecule has 5 heteroatoms. The SMILES string of the molecule is CC(C)(C)C(=O)NCCC[N+](C)(C)CC(=O)[O-]. The Morgan fingerprint density at radius 3 is 2.18 bits per heavy atom. The van der Waals surface area contributed by atoms with Crippen LogP contribution in [-0.4, -0.2) is 50.1 Å². The second kappa shape index (κ2) is 6.00. The van der Waals surface area contributed by atoms with Crippen molar-refractivity contribution in [3.05, 3.63) is 0 Å². The Balaban J connectivity index is 3.86. The first-order valence-electron chi connectivity index (χ1n) is 5.85. The van der Waals surface area contributed by atoms with E-state index in [9.17, 15) is 14.7 Å². The molecular formula is C12H24N2O3. The Morgan fingerprint density at radius 2 is 1.76 bits per heavy atom. The lowest BCUT2D eigenvalue weighted by atomic mass is 9.96. The molecule has 0 rings (SSSR count). The van der Waals surface area contributed by atoms with Crippen LogP contribution in [0.2, 0.25) is 0 Å². The number of hydrogen-bond acceptors (Lipinski definition) is 3. The summed E-state index contributed by atoms with van der Waals surface area (Å²) in [5.41, 5.74) is -0.380. The lowest BCUT2D eigenvalue weighted by molar-refractivity contribution is -0.884. The maximum atomic E-state index is 11.5. The van der Waals surface area contributed by atoms with Crippen LogP contribution in [0.1, 0.15) is 27.2 Å². The van der Waals surface area contributed by atoms with E-state index in [0.717, 1.165) is 6.42 Å². The Morgan fingerprint density at radius 1 is 1.24 bits per heavy atom. The van der Waals surface area contributed by atoms with Gasteiger partial charge in [-0.1, -0.05) is 20.8 Å². The van der Waals surface area contributed by atoms with Crippen molar-refractivity contribution < 1.29 is 19.2 Å². The van der Waals surface area contributed by atoms with Gasteiger partial charge in [0, 0.05) is 18.4 Å². The lowest BCUT2D eigenvalue weighted by Gasteiger charge is -2.30. The zero-order valence-corrected chi connectivity index (χ0v) is 11.5. The average Bonchev–Trinajstić information content (AvgIpc) is 2.08. The molecule has 0 unspecified atom stereocenters. The van der Waals surface area contributed by atoms with Crippen molar-refractivity contribution in [2.45, 2.75) is 27.2 Å². The highest BCUT2D eigenvalue weighted by Crippen LogP contribution is 2.12. The van der Waals surface area contributed by atoms with Gasteiger partial charge in [-0.2, -0.15) is 0 Å². The number of likely N-dealkylation sites (N-methyl/N-ethyl adjacent to an activating group) is 1. The van der Waals surface area contributed by atoms with Gasteiger partial charge in [-0.3, -0.25) is 4.79 Å². The van der Waals surface area contributed by atoms with Crippen LogP contribution in [0.4, 0.5) is 0 Å². The summed E-state index contributed by atoms with van der Waals surface area (Å²) in [7, 11) is 3.67. The molecule has 0 bridgehead atoms. The number of rotatable bonds is 6. The van der Waals surface area contributed by atoms with E-state index in [1.165, 1.54) is 0 Å². The molecule has 1 amide bonds. The van der Waals surface area contributed by atoms with E-state index in [-0.39, 0.29) is 17.9 Å². The molecule has 100 valence electrons. The molecule has 0 saturated carbocycles. The van der Waals surface area contributed by atoms with Crippen LogP contribution in [0.3, 0.4) is 0 Å². The summed E-state index contributed by atoms with van der Waals surface area (Å²) >= 11 is 0. The van der Waals surface area contributed by atoms with E-state index in [1.54, 1.807) is 0 Å². The number of carboxylic acid groups (broad SMARTS) is 1. The van der Waals surface area contributed by atoms with Crippen molar-refractivity contribution in [2.24, 2.45) is 5.41 Å². The molecular weight excluding hydrogens is 220 g/mol. The van der Waals surface area contributed by atoms with E-state index in [4.69, 9.17) is 0 Å². The lowest BCUT2D eigenvalue weighted by Crippen LogP contribution is -2.49. The average molecular weight is 244 g/mol. The molecule has 0 heterocycles. The first kappa shape index (κ1) is 15.9. The third kappa shape index (κ3) is 7.74. The van der Waals surface area contributed by atoms with Gasteiger partial charge in [0.15, 0.2) is 0 Å². The minimum atomic E-state index is -1.05. The van der Waals surface area contributed by atoms with Crippen molar-refractivity contribution in [2.75, 3.05) is 33.7 Å². The fourth-order valence-electron chi connectivity index (χ4n) is 1.40. The molecule has 0 radical (unpaired) electrons. The summed E-state index contributed by atoms with van der Waals surface area (Å²) in [6.45, 7) is 6.84. The molecule has 0 aromatic carbocycles. The maximum absolute atomic E-state index is 11.5. The minimum Gasteiger partial charge on any atom is -0.544 e. The van der Waals surface area contributed by atoms with Gasteiger partial charge in [-0.05, 0) is 0 Å². The van der Waals surface area contributed by atoms with Gasteiger partial charge in [0.2, 0.25) is 5.91 Å². The normalized spacial score (nSPS) is 12.3. The van der Waals surface area contributed by atoms with Crippen LogP contribution in [-0.2, 0) is 9.59 Å². The Kier molecular flexibility index (Phi) is 5.61. The quantitative estimate of drug-likeness (QED) is 0.499. The van der Waals surface area contributed by atoms with E-state index in [1.807, 2.05) is 34.9 Å². The first-order chi connectivity index (χ1) is 7.54. The number of carbonyl (C=O) groups is 2. The van der Waals surface area contributed by atoms with Crippen LogP contribution in [0.5, 0.6) is 0 Å². The Bertz CT molecular complexity index is 280. The fourth-order valence-corrected chi connectivity index (χ4v) is 1.40. The number of nitrogens with one attached hydrogen (secondary N) is 1. The molecule has 0 fully saturated rings. The number of amides is 1. The van der Waals surface area contributed by atoms with Gasteiger partial charge in [0.25, 0.3) is 0 Å². The van der Waals surface area contributed by atoms with Gasteiger partial charge < -0.3 is 19.7 Å². The summed E-state index contributed by atoms with van der Waals surface area (Å²) in [5, 5.41) is 13.3. The highest BCUT2D eigenvalue weighted by atomic mass is 16.4. The van der Waals surface area contributed by atoms with Gasteiger partial charge in [-0.15, -0.1) is 0 Å². The van der Waals surface area contributed by atoms with Crippen molar-refractivity contribution in [1.82, 2.24) is 5.32 Å². The molecule has 0 saturated heterocycles. The molecule has 0 spiro atoms. The van der Waals surface area contributed by atoms with Gasteiger partial charge in [-0.25, -0.2) is 0 Å². The standard InChI is InChI=1S/C12H24N2O3/c1-12(2,3)11(17)13-7-6-8-14(4,5)9-10(15)16/h6-9H2,1-5H3,(H-,13,15,16,17). The highest BCUT2D eigenvalue weighted by Gasteiger charge is 2.21. The van der Waals surface area contributed by atoms with Crippen LogP contribution in [0, 0.1) is 5.41 Å². The zero-order valence-electron chi connectivity index (χ0n) is 11.5. The molecule has 5 nitrogen and oxygen atoms in total. The number of nitrogens with zero attached hydrogens (tertiary/aromatic N) is 1. The highest BCUT2D eigenvalue weighted by molar-refractivity contribution is 5.81. The number of aliphatic carboxylic acids is 1. The molecule has 1 N–H and O–H groups in total. The minimum absolute atomic E-state index is 0.00673. The van der Waals surface area contributed by atoms with Crippen molar-refractivity contribution in [3.8, 4) is 0 Å². The number of hydrogen-bond donors (Lipinski definition) is 1. The molecule has 0 atom stereocenters. The van der Waals surface area contributed by atoms with Crippen LogP contribution in [0.25, 0.3) is 0 Å². The Hall–Kier alpha value is -1.10. The van der Waals surface area contributed by atoms with E-state index >= 15 is 0 Å². The molecule has 0 aromatic heterocycles. The largest absolute Gasteiger partial charge is 0.544 e. The topological polar surface area (TPSA) is 69.2 Å². The predicted octanol–water partition coefficient (Wildman–Crippen LogP) is -0.635. The number of carbonyl (C=O) groups excluding carboxylic acids is 2. The summed E-state index contributed by atoms with van der Waals surface area (Å²) < 4.78 is 0.369. The maximum Gasteiger partial charge on any atom is 0.225 e. The van der Waals surface area contributed by atoms with Gasteiger partial charge >= 0.3 is 0 Å². The number of quaternary nitrogens is 1. The Labute approximate surface area is 103 Å². The summed E-state index contributed by atoms with van der Waals surface area (Å²) in [4.78, 5) is 22.0. The predicted molar refractivity (Wildman–Crippen MR) is 63.9 cm³/mol. The van der Waals surface area contributed by atoms with Crippen molar-refractivity contribution in [1.29, 1.82) is 0 Å². The number of carboxylic acids is 1. The molecule has 17 heavy (non-hydrogen) atoms. The molecule has 0 aliphatic rings. The monoisotopic (exact) mass is 244 g/mol. The molecule has 0 aromatic rings. The van der Waals surface area contributed by atoms with Crippen molar-refractivity contribution in [3.63, 3.8) is 0 Å². The second-order valence-corrected chi connectivity index (χ2v) is 6.05. The van der Waals surface area contributed by atoms with Gasteiger partial charge in [0.1, 0.15) is 6.54 Å². The van der Waals surface area contributed by atoms with Crippen molar-refractivity contribution >= 4 is 11.9 Å². The van der Waals surface area contributed by atoms with Crippen LogP contribution >= 0.6 is 0 Å². The molecule has 0 aliphatic carbocycles. The third-order valence-corrected chi connectivity index (χ3v) is 2.46. The summed E-state index contributed by atoms with van der Waals surface area (Å²) in [6, 6.07) is 0.